The van der Waals surface area contributed by atoms with Gasteiger partial charge in [-0.25, -0.2) is 0 Å². The minimum absolute atomic E-state index is 0.0507. The largest absolute Gasteiger partial charge is 0.462 e. The fraction of sp³-hybridized carbons (Fsp3) is 0.933. The zero-order chi connectivity index (χ0) is 13.5. The van der Waals surface area contributed by atoms with Crippen LogP contribution in [0.1, 0.15) is 59.3 Å². The molecule has 2 N–H and O–H groups in total. The van der Waals surface area contributed by atoms with E-state index in [4.69, 9.17) is 10.5 Å². The Morgan fingerprint density at radius 2 is 2.11 bits per heavy atom. The Bertz CT molecular complexity index is 245. The second-order valence-corrected chi connectivity index (χ2v) is 6.32. The summed E-state index contributed by atoms with van der Waals surface area (Å²) < 4.78 is 5.58. The third-order valence-electron chi connectivity index (χ3n) is 3.78. The SMILES string of the molecule is CC(C)CC(CN)CC(=O)OC1CCCC(C)C1. The lowest BCUT2D eigenvalue weighted by molar-refractivity contribution is -0.152. The standard InChI is InChI=1S/C15H29NO2/c1-11(2)7-13(10-16)9-15(17)18-14-6-4-5-12(3)8-14/h11-14H,4-10,16H2,1-3H3. The molecule has 106 valence electrons. The van der Waals surface area contributed by atoms with Gasteiger partial charge < -0.3 is 10.5 Å². The Morgan fingerprint density at radius 1 is 1.39 bits per heavy atom. The molecule has 0 aromatic rings. The van der Waals surface area contributed by atoms with E-state index in [2.05, 4.69) is 20.8 Å². The molecule has 0 radical (unpaired) electrons. The van der Waals surface area contributed by atoms with E-state index in [9.17, 15) is 4.79 Å². The highest BCUT2D eigenvalue weighted by Gasteiger charge is 2.23. The van der Waals surface area contributed by atoms with Crippen LogP contribution in [0.25, 0.3) is 0 Å². The molecule has 1 aliphatic rings. The second-order valence-electron chi connectivity index (χ2n) is 6.32. The first-order valence-electron chi connectivity index (χ1n) is 7.40. The normalized spacial score (nSPS) is 26.1. The van der Waals surface area contributed by atoms with Gasteiger partial charge in [0.2, 0.25) is 0 Å². The zero-order valence-electron chi connectivity index (χ0n) is 12.2. The molecular formula is C15H29NO2. The van der Waals surface area contributed by atoms with Crippen molar-refractivity contribution in [2.75, 3.05) is 6.54 Å². The number of hydrogen-bond acceptors (Lipinski definition) is 3. The van der Waals surface area contributed by atoms with E-state index in [0.29, 0.717) is 24.8 Å². The molecule has 1 rings (SSSR count). The maximum atomic E-state index is 11.9. The number of rotatable bonds is 6. The molecule has 3 unspecified atom stereocenters. The van der Waals surface area contributed by atoms with Crippen LogP contribution in [-0.4, -0.2) is 18.6 Å². The van der Waals surface area contributed by atoms with Gasteiger partial charge in [-0.05, 0) is 50.0 Å². The highest BCUT2D eigenvalue weighted by Crippen LogP contribution is 2.26. The van der Waals surface area contributed by atoms with Gasteiger partial charge in [-0.2, -0.15) is 0 Å². The van der Waals surface area contributed by atoms with Crippen LogP contribution in [0.2, 0.25) is 0 Å². The van der Waals surface area contributed by atoms with Crippen molar-refractivity contribution in [2.24, 2.45) is 23.5 Å². The topological polar surface area (TPSA) is 52.3 Å². The predicted octanol–water partition coefficient (Wildman–Crippen LogP) is 3.12. The summed E-state index contributed by atoms with van der Waals surface area (Å²) in [6, 6.07) is 0. The van der Waals surface area contributed by atoms with Crippen molar-refractivity contribution in [3.8, 4) is 0 Å². The molecule has 0 amide bonds. The molecule has 1 saturated carbocycles. The summed E-state index contributed by atoms with van der Waals surface area (Å²) in [6.07, 6.45) is 6.17. The van der Waals surface area contributed by atoms with Gasteiger partial charge in [0.05, 0.1) is 0 Å². The maximum Gasteiger partial charge on any atom is 0.306 e. The number of nitrogens with two attached hydrogens (primary N) is 1. The van der Waals surface area contributed by atoms with Crippen LogP contribution >= 0.6 is 0 Å². The van der Waals surface area contributed by atoms with Crippen molar-refractivity contribution in [2.45, 2.75) is 65.4 Å². The molecule has 0 bridgehead atoms. The van der Waals surface area contributed by atoms with E-state index >= 15 is 0 Å². The monoisotopic (exact) mass is 255 g/mol. The number of hydrogen-bond donors (Lipinski definition) is 1. The number of esters is 1. The van der Waals surface area contributed by atoms with Gasteiger partial charge in [0.25, 0.3) is 0 Å². The van der Waals surface area contributed by atoms with Crippen LogP contribution in [0.5, 0.6) is 0 Å². The molecule has 3 atom stereocenters. The van der Waals surface area contributed by atoms with Crippen molar-refractivity contribution in [3.63, 3.8) is 0 Å². The number of carbonyl (C=O) groups excluding carboxylic acids is 1. The molecule has 3 nitrogen and oxygen atoms in total. The van der Waals surface area contributed by atoms with E-state index < -0.39 is 0 Å². The van der Waals surface area contributed by atoms with Crippen molar-refractivity contribution in [3.05, 3.63) is 0 Å². The summed E-state index contributed by atoms with van der Waals surface area (Å²) in [7, 11) is 0. The van der Waals surface area contributed by atoms with Crippen LogP contribution in [0.4, 0.5) is 0 Å². The van der Waals surface area contributed by atoms with Crippen molar-refractivity contribution in [1.82, 2.24) is 0 Å². The molecule has 3 heteroatoms. The third-order valence-corrected chi connectivity index (χ3v) is 3.78. The first kappa shape index (κ1) is 15.5. The van der Waals surface area contributed by atoms with Crippen LogP contribution in [-0.2, 0) is 9.53 Å². The van der Waals surface area contributed by atoms with Gasteiger partial charge >= 0.3 is 5.97 Å². The van der Waals surface area contributed by atoms with E-state index in [1.807, 2.05) is 0 Å². The van der Waals surface area contributed by atoms with Crippen LogP contribution < -0.4 is 5.73 Å². The van der Waals surface area contributed by atoms with E-state index in [-0.39, 0.29) is 18.0 Å². The Labute approximate surface area is 111 Å². The fourth-order valence-corrected chi connectivity index (χ4v) is 2.88. The zero-order valence-corrected chi connectivity index (χ0v) is 12.2. The quantitative estimate of drug-likeness (QED) is 0.742. The van der Waals surface area contributed by atoms with Gasteiger partial charge in [0.15, 0.2) is 0 Å². The predicted molar refractivity (Wildman–Crippen MR) is 74.1 cm³/mol. The number of carbonyl (C=O) groups is 1. The Morgan fingerprint density at radius 3 is 2.67 bits per heavy atom. The average molecular weight is 255 g/mol. The Hall–Kier alpha value is -0.570. The molecule has 0 aromatic heterocycles. The summed E-state index contributed by atoms with van der Waals surface area (Å²) in [4.78, 5) is 11.9. The summed E-state index contributed by atoms with van der Waals surface area (Å²) in [5.74, 6) is 1.50. The molecule has 1 aliphatic carbocycles. The van der Waals surface area contributed by atoms with Crippen molar-refractivity contribution < 1.29 is 9.53 Å². The van der Waals surface area contributed by atoms with E-state index in [0.717, 1.165) is 19.3 Å². The lowest BCUT2D eigenvalue weighted by Crippen LogP contribution is -2.27. The molecule has 18 heavy (non-hydrogen) atoms. The van der Waals surface area contributed by atoms with Gasteiger partial charge in [-0.15, -0.1) is 0 Å². The molecular weight excluding hydrogens is 226 g/mol. The first-order valence-corrected chi connectivity index (χ1v) is 7.40. The summed E-state index contributed by atoms with van der Waals surface area (Å²) in [5, 5.41) is 0. The van der Waals surface area contributed by atoms with Crippen molar-refractivity contribution in [1.29, 1.82) is 0 Å². The molecule has 0 heterocycles. The average Bonchev–Trinajstić information content (AvgIpc) is 2.27. The Kier molecular flexibility index (Phi) is 6.69. The fourth-order valence-electron chi connectivity index (χ4n) is 2.88. The maximum absolute atomic E-state index is 11.9. The Balaban J connectivity index is 2.30. The lowest BCUT2D eigenvalue weighted by atomic mass is 9.88. The van der Waals surface area contributed by atoms with Crippen LogP contribution in [0, 0.1) is 17.8 Å². The van der Waals surface area contributed by atoms with Gasteiger partial charge in [-0.1, -0.05) is 27.2 Å². The van der Waals surface area contributed by atoms with Gasteiger partial charge in [0.1, 0.15) is 6.10 Å². The first-order chi connectivity index (χ1) is 8.51. The minimum Gasteiger partial charge on any atom is -0.462 e. The van der Waals surface area contributed by atoms with E-state index in [1.165, 1.54) is 12.8 Å². The molecule has 0 aromatic carbocycles. The van der Waals surface area contributed by atoms with Gasteiger partial charge in [0, 0.05) is 6.42 Å². The lowest BCUT2D eigenvalue weighted by Gasteiger charge is -2.27. The molecule has 0 saturated heterocycles. The summed E-state index contributed by atoms with van der Waals surface area (Å²) >= 11 is 0. The highest BCUT2D eigenvalue weighted by molar-refractivity contribution is 5.69. The van der Waals surface area contributed by atoms with E-state index in [1.54, 1.807) is 0 Å². The number of ether oxygens (including phenoxy) is 1. The van der Waals surface area contributed by atoms with Crippen molar-refractivity contribution >= 4 is 5.97 Å². The second kappa shape index (κ2) is 7.78. The molecule has 0 aliphatic heterocycles. The van der Waals surface area contributed by atoms with Crippen LogP contribution in [0.15, 0.2) is 0 Å². The van der Waals surface area contributed by atoms with Gasteiger partial charge in [-0.3, -0.25) is 4.79 Å². The molecule has 1 fully saturated rings. The minimum atomic E-state index is -0.0507. The van der Waals surface area contributed by atoms with Crippen LogP contribution in [0.3, 0.4) is 0 Å². The summed E-state index contributed by atoms with van der Waals surface area (Å²) in [6.45, 7) is 7.14. The third kappa shape index (κ3) is 5.85. The smallest absolute Gasteiger partial charge is 0.306 e. The highest BCUT2D eigenvalue weighted by atomic mass is 16.5. The molecule has 0 spiro atoms. The summed E-state index contributed by atoms with van der Waals surface area (Å²) in [5.41, 5.74) is 5.72.